The molecular formula is C23H31NO2. The number of carbonyl (C=O) groups excluding carboxylic acids is 1. The number of nitrogens with one attached hydrogen (secondary N) is 1. The van der Waals surface area contributed by atoms with Gasteiger partial charge in [0.2, 0.25) is 0 Å². The quantitative estimate of drug-likeness (QED) is 0.798. The fraction of sp³-hybridized carbons (Fsp3) is 0.435. The lowest BCUT2D eigenvalue weighted by atomic mass is 9.86. The molecule has 1 amide bonds. The molecule has 0 spiro atoms. The number of aryl methyl sites for hydroxylation is 2. The average molecular weight is 354 g/mol. The van der Waals surface area contributed by atoms with Crippen molar-refractivity contribution in [3.05, 3.63) is 64.7 Å². The van der Waals surface area contributed by atoms with Crippen LogP contribution in [-0.4, -0.2) is 12.0 Å². The Bertz CT molecular complexity index is 757. The number of hydrogen-bond acceptors (Lipinski definition) is 2. The van der Waals surface area contributed by atoms with Gasteiger partial charge in [-0.3, -0.25) is 4.79 Å². The summed E-state index contributed by atoms with van der Waals surface area (Å²) in [5, 5.41) is 3.04. The van der Waals surface area contributed by atoms with Crippen molar-refractivity contribution in [2.24, 2.45) is 0 Å². The van der Waals surface area contributed by atoms with E-state index < -0.39 is 6.10 Å². The van der Waals surface area contributed by atoms with Gasteiger partial charge in [-0.25, -0.2) is 0 Å². The molecule has 0 radical (unpaired) electrons. The zero-order valence-corrected chi connectivity index (χ0v) is 17.0. The molecule has 140 valence electrons. The summed E-state index contributed by atoms with van der Waals surface area (Å²) >= 11 is 0. The van der Waals surface area contributed by atoms with E-state index in [1.54, 1.807) is 6.92 Å². The number of hydrogen-bond donors (Lipinski definition) is 1. The first kappa shape index (κ1) is 20.0. The second-order valence-electron chi connectivity index (χ2n) is 8.11. The fourth-order valence-corrected chi connectivity index (χ4v) is 2.73. The molecule has 1 N–H and O–H groups in total. The van der Waals surface area contributed by atoms with Crippen molar-refractivity contribution < 1.29 is 9.53 Å². The van der Waals surface area contributed by atoms with E-state index in [1.165, 1.54) is 11.1 Å². The van der Waals surface area contributed by atoms with E-state index >= 15 is 0 Å². The molecule has 0 heterocycles. The largest absolute Gasteiger partial charge is 0.481 e. The summed E-state index contributed by atoms with van der Waals surface area (Å²) < 4.78 is 5.80. The van der Waals surface area contributed by atoms with Crippen molar-refractivity contribution in [2.75, 3.05) is 0 Å². The molecule has 0 aromatic heterocycles. The molecule has 0 fully saturated rings. The van der Waals surface area contributed by atoms with E-state index in [-0.39, 0.29) is 17.4 Å². The predicted octanol–water partition coefficient (Wildman–Crippen LogP) is 5.25. The summed E-state index contributed by atoms with van der Waals surface area (Å²) in [4.78, 5) is 12.5. The number of ether oxygens (including phenoxy) is 1. The number of amides is 1. The van der Waals surface area contributed by atoms with Crippen molar-refractivity contribution in [3.63, 3.8) is 0 Å². The van der Waals surface area contributed by atoms with Gasteiger partial charge in [0.05, 0.1) is 6.04 Å². The second kappa shape index (κ2) is 7.94. The molecule has 2 aromatic carbocycles. The molecule has 0 saturated heterocycles. The highest BCUT2D eigenvalue weighted by molar-refractivity contribution is 5.81. The van der Waals surface area contributed by atoms with Gasteiger partial charge in [0, 0.05) is 0 Å². The molecule has 0 aliphatic heterocycles. The van der Waals surface area contributed by atoms with Crippen LogP contribution in [0.2, 0.25) is 0 Å². The van der Waals surface area contributed by atoms with Crippen LogP contribution in [0.1, 0.15) is 62.9 Å². The maximum Gasteiger partial charge on any atom is 0.261 e. The third kappa shape index (κ3) is 5.10. The Morgan fingerprint density at radius 2 is 1.58 bits per heavy atom. The summed E-state index contributed by atoms with van der Waals surface area (Å²) in [6.45, 7) is 14.4. The SMILES string of the molecule is Cc1ccc(OC(C)C(=O)NC(C)c2ccc(C(C)(C)C)cc2)cc1C. The molecule has 3 nitrogen and oxygen atoms in total. The van der Waals surface area contributed by atoms with Crippen molar-refractivity contribution >= 4 is 5.91 Å². The van der Waals surface area contributed by atoms with Crippen LogP contribution in [0.3, 0.4) is 0 Å². The summed E-state index contributed by atoms with van der Waals surface area (Å²) in [6.07, 6.45) is -0.548. The Labute approximate surface area is 157 Å². The monoisotopic (exact) mass is 353 g/mol. The highest BCUT2D eigenvalue weighted by Gasteiger charge is 2.19. The van der Waals surface area contributed by atoms with Crippen LogP contribution in [-0.2, 0) is 10.2 Å². The average Bonchev–Trinajstić information content (AvgIpc) is 2.57. The first-order valence-electron chi connectivity index (χ1n) is 9.22. The molecular weight excluding hydrogens is 322 g/mol. The van der Waals surface area contributed by atoms with E-state index in [4.69, 9.17) is 4.74 Å². The Hall–Kier alpha value is -2.29. The summed E-state index contributed by atoms with van der Waals surface area (Å²) in [5.74, 6) is 0.605. The summed E-state index contributed by atoms with van der Waals surface area (Å²) in [5.41, 5.74) is 4.86. The first-order valence-corrected chi connectivity index (χ1v) is 9.22. The van der Waals surface area contributed by atoms with Crippen LogP contribution >= 0.6 is 0 Å². The van der Waals surface area contributed by atoms with E-state index in [1.807, 2.05) is 32.0 Å². The van der Waals surface area contributed by atoms with Gasteiger partial charge < -0.3 is 10.1 Å². The van der Waals surface area contributed by atoms with Crippen LogP contribution in [0.5, 0.6) is 5.75 Å². The smallest absolute Gasteiger partial charge is 0.261 e. The minimum Gasteiger partial charge on any atom is -0.481 e. The Kier molecular flexibility index (Phi) is 6.12. The highest BCUT2D eigenvalue weighted by Crippen LogP contribution is 2.24. The maximum atomic E-state index is 12.5. The van der Waals surface area contributed by atoms with Crippen molar-refractivity contribution in [2.45, 2.75) is 66.0 Å². The Morgan fingerprint density at radius 3 is 2.12 bits per heavy atom. The molecule has 0 bridgehead atoms. The highest BCUT2D eigenvalue weighted by atomic mass is 16.5. The van der Waals surface area contributed by atoms with Gasteiger partial charge in [-0.05, 0) is 67.5 Å². The molecule has 0 aliphatic rings. The van der Waals surface area contributed by atoms with E-state index in [9.17, 15) is 4.79 Å². The topological polar surface area (TPSA) is 38.3 Å². The predicted molar refractivity (Wildman–Crippen MR) is 108 cm³/mol. The van der Waals surface area contributed by atoms with Gasteiger partial charge in [0.25, 0.3) is 5.91 Å². The fourth-order valence-electron chi connectivity index (χ4n) is 2.73. The van der Waals surface area contributed by atoms with E-state index in [0.717, 1.165) is 16.9 Å². The molecule has 3 heteroatoms. The summed E-state index contributed by atoms with van der Waals surface area (Å²) in [7, 11) is 0. The minimum absolute atomic E-state index is 0.0673. The van der Waals surface area contributed by atoms with Crippen LogP contribution in [0.4, 0.5) is 0 Å². The van der Waals surface area contributed by atoms with Gasteiger partial charge >= 0.3 is 0 Å². The minimum atomic E-state index is -0.548. The molecule has 2 rings (SSSR count). The number of benzene rings is 2. The lowest BCUT2D eigenvalue weighted by Crippen LogP contribution is -2.37. The number of rotatable bonds is 5. The van der Waals surface area contributed by atoms with Gasteiger partial charge in [-0.1, -0.05) is 51.1 Å². The lowest BCUT2D eigenvalue weighted by molar-refractivity contribution is -0.127. The van der Waals surface area contributed by atoms with E-state index in [0.29, 0.717) is 0 Å². The molecule has 2 atom stereocenters. The third-order valence-corrected chi connectivity index (χ3v) is 4.80. The van der Waals surface area contributed by atoms with Crippen molar-refractivity contribution in [1.82, 2.24) is 5.32 Å². The Balaban J connectivity index is 1.98. The summed E-state index contributed by atoms with van der Waals surface area (Å²) in [6, 6.07) is 14.2. The van der Waals surface area contributed by atoms with E-state index in [2.05, 4.69) is 57.3 Å². The molecule has 26 heavy (non-hydrogen) atoms. The van der Waals surface area contributed by atoms with Crippen LogP contribution in [0.25, 0.3) is 0 Å². The third-order valence-electron chi connectivity index (χ3n) is 4.80. The lowest BCUT2D eigenvalue weighted by Gasteiger charge is -2.22. The van der Waals surface area contributed by atoms with Gasteiger partial charge in [0.1, 0.15) is 5.75 Å². The molecule has 0 saturated carbocycles. The van der Waals surface area contributed by atoms with Gasteiger partial charge in [0.15, 0.2) is 6.10 Å². The zero-order chi connectivity index (χ0) is 19.5. The van der Waals surface area contributed by atoms with Gasteiger partial charge in [-0.2, -0.15) is 0 Å². The van der Waals surface area contributed by atoms with Crippen molar-refractivity contribution in [3.8, 4) is 5.75 Å². The van der Waals surface area contributed by atoms with Crippen LogP contribution < -0.4 is 10.1 Å². The second-order valence-corrected chi connectivity index (χ2v) is 8.11. The zero-order valence-electron chi connectivity index (χ0n) is 17.0. The molecule has 2 unspecified atom stereocenters. The number of carbonyl (C=O) groups is 1. The van der Waals surface area contributed by atoms with Gasteiger partial charge in [-0.15, -0.1) is 0 Å². The van der Waals surface area contributed by atoms with Crippen LogP contribution in [0.15, 0.2) is 42.5 Å². The molecule has 0 aliphatic carbocycles. The normalized spacial score (nSPS) is 13.8. The molecule has 2 aromatic rings. The standard InChI is InChI=1S/C23H31NO2/c1-15-8-13-21(14-16(15)2)26-18(4)22(25)24-17(3)19-9-11-20(12-10-19)23(5,6)7/h8-14,17-18H,1-7H3,(H,24,25). The Morgan fingerprint density at radius 1 is 0.962 bits per heavy atom. The maximum absolute atomic E-state index is 12.5. The van der Waals surface area contributed by atoms with Crippen molar-refractivity contribution in [1.29, 1.82) is 0 Å². The first-order chi connectivity index (χ1) is 12.1. The van der Waals surface area contributed by atoms with Crippen LogP contribution in [0, 0.1) is 13.8 Å².